The highest BCUT2D eigenvalue weighted by Gasteiger charge is 2.51. The number of unbranched alkanes of at least 4 members (excludes halogenated alkanes) is 32. The smallest absolute Gasteiger partial charge is 0.220 e. The van der Waals surface area contributed by atoms with E-state index in [9.17, 15) is 45.6 Å². The summed E-state index contributed by atoms with van der Waals surface area (Å²) < 4.78 is 22.9. The first kappa shape index (κ1) is 91.2. The molecule has 0 aromatic heterocycles. The van der Waals surface area contributed by atoms with Crippen molar-refractivity contribution in [3.05, 3.63) is 134 Å². The molecule has 12 unspecified atom stereocenters. The largest absolute Gasteiger partial charge is 0.394 e. The normalized spacial score (nSPS) is 22.7. The Kier molecular flexibility index (Phi) is 62.0. The number of carbonyl (C=O) groups excluding carboxylic acids is 1. The summed E-state index contributed by atoms with van der Waals surface area (Å²) in [5, 5.41) is 87.7. The van der Waals surface area contributed by atoms with Gasteiger partial charge in [0, 0.05) is 6.42 Å². The van der Waals surface area contributed by atoms with Gasteiger partial charge in [-0.05, 0) is 96.3 Å². The average Bonchev–Trinajstić information content (AvgIpc) is 0.794. The SMILES string of the molecule is CC/C=C\C/C=C\C/C=C\C/C=C\C/C=C\C/C=C\C/C=C\C/C=C\C/C=C\C/C=C\CCCCCCCCCCC(=O)NC(COC1OC(CO)C(OC2OC(CO)C(O)C(O)C2O)C(O)C1O)C(O)/C=C/CCCCCCCCCCCCCCCCCCCCCCCCCC. The Morgan fingerprint density at radius 1 is 0.374 bits per heavy atom. The molecule has 0 spiro atoms. The zero-order valence-electron chi connectivity index (χ0n) is 62.2. The van der Waals surface area contributed by atoms with Gasteiger partial charge in [0.05, 0.1) is 32.0 Å². The summed E-state index contributed by atoms with van der Waals surface area (Å²) in [6, 6.07) is -0.931. The van der Waals surface area contributed by atoms with Crippen LogP contribution in [0.4, 0.5) is 0 Å². The third-order valence-electron chi connectivity index (χ3n) is 18.6. The van der Waals surface area contributed by atoms with Crippen molar-refractivity contribution in [2.24, 2.45) is 0 Å². The fourth-order valence-electron chi connectivity index (χ4n) is 12.3. The van der Waals surface area contributed by atoms with Crippen LogP contribution in [0.25, 0.3) is 0 Å². The van der Waals surface area contributed by atoms with Crippen molar-refractivity contribution in [2.45, 2.75) is 376 Å². The van der Waals surface area contributed by atoms with Crippen LogP contribution >= 0.6 is 0 Å². The number of amides is 1. The number of hydrogen-bond donors (Lipinski definition) is 9. The van der Waals surface area contributed by atoms with Crippen molar-refractivity contribution in [1.82, 2.24) is 5.32 Å². The molecule has 99 heavy (non-hydrogen) atoms. The van der Waals surface area contributed by atoms with Crippen molar-refractivity contribution < 1.29 is 64.6 Å². The number of aliphatic hydroxyl groups is 8. The molecule has 2 saturated heterocycles. The Bertz CT molecular complexity index is 2180. The van der Waals surface area contributed by atoms with E-state index in [1.54, 1.807) is 6.08 Å². The number of aliphatic hydroxyl groups excluding tert-OH is 8. The lowest BCUT2D eigenvalue weighted by molar-refractivity contribution is -0.359. The van der Waals surface area contributed by atoms with E-state index >= 15 is 0 Å². The summed E-state index contributed by atoms with van der Waals surface area (Å²) in [7, 11) is 0. The third kappa shape index (κ3) is 50.2. The average molecular weight is 1390 g/mol. The summed E-state index contributed by atoms with van der Waals surface area (Å²) in [6.45, 7) is 2.71. The highest BCUT2D eigenvalue weighted by Crippen LogP contribution is 2.30. The molecule has 0 aromatic rings. The minimum Gasteiger partial charge on any atom is -0.394 e. The highest BCUT2D eigenvalue weighted by molar-refractivity contribution is 5.76. The number of allylic oxidation sites excluding steroid dienone is 21. The number of nitrogens with one attached hydrogen (secondary N) is 1. The molecule has 2 aliphatic heterocycles. The van der Waals surface area contributed by atoms with Crippen molar-refractivity contribution in [3.63, 3.8) is 0 Å². The Balaban J connectivity index is 1.64. The van der Waals surface area contributed by atoms with E-state index in [0.717, 1.165) is 116 Å². The number of rotatable bonds is 65. The van der Waals surface area contributed by atoms with Crippen LogP contribution in [-0.2, 0) is 23.7 Å². The molecule has 0 bridgehead atoms. The summed E-state index contributed by atoms with van der Waals surface area (Å²) in [4.78, 5) is 13.4. The van der Waals surface area contributed by atoms with E-state index < -0.39 is 86.8 Å². The van der Waals surface area contributed by atoms with E-state index in [1.165, 1.54) is 161 Å². The Labute approximate surface area is 602 Å². The van der Waals surface area contributed by atoms with Crippen molar-refractivity contribution in [1.29, 1.82) is 0 Å². The van der Waals surface area contributed by atoms with E-state index in [-0.39, 0.29) is 18.9 Å². The van der Waals surface area contributed by atoms with Crippen LogP contribution in [0.1, 0.15) is 303 Å². The standard InChI is InChI=1S/C85H145NO13/c1-3-5-7-9-11-13-15-17-19-21-23-25-27-29-31-32-33-34-35-36-37-38-39-40-41-42-43-45-47-49-51-53-55-57-59-61-63-65-67-69-77(90)86-73(72-96-84-82(95)80(93)83(76(71-88)98-84)99-85-81(94)79(92)78(91)75(70-87)97-85)74(89)68-66-64-62-60-58-56-54-52-50-48-46-44-30-28-26-24-22-20-18-16-14-12-10-8-6-4-2/h5,7,11,13,17,19,23,25,29,31,33-34,36-37,39-40,42-43,47,49,66,68,73-76,78-85,87-89,91-95H,3-4,6,8-10,12,14-16,18,20-22,24,26-28,30,32,35,38,41,44-46,48,50-65,67,69-72H2,1-2H3,(H,86,90)/b7-5-,13-11-,19-17-,25-23-,31-29-,34-33-,37-36-,40-39-,43-42-,49-47-,68-66+. The molecule has 568 valence electrons. The lowest BCUT2D eigenvalue weighted by atomic mass is 9.97. The second kappa shape index (κ2) is 67.3. The molecule has 0 radical (unpaired) electrons. The van der Waals surface area contributed by atoms with E-state index in [0.29, 0.717) is 6.42 Å². The maximum absolute atomic E-state index is 13.4. The highest BCUT2D eigenvalue weighted by atomic mass is 16.7. The van der Waals surface area contributed by atoms with Gasteiger partial charge < -0.3 is 65.1 Å². The summed E-state index contributed by atoms with van der Waals surface area (Å²) in [5.74, 6) is -0.250. The molecule has 1 amide bonds. The molecule has 2 heterocycles. The van der Waals surface area contributed by atoms with Gasteiger partial charge in [-0.1, -0.05) is 334 Å². The van der Waals surface area contributed by atoms with Gasteiger partial charge in [-0.2, -0.15) is 0 Å². The number of carbonyl (C=O) groups is 1. The molecule has 2 rings (SSSR count). The molecular weight excluding hydrogens is 1240 g/mol. The molecular formula is C85H145NO13. The van der Waals surface area contributed by atoms with Crippen LogP contribution in [0, 0.1) is 0 Å². The quantitative estimate of drug-likeness (QED) is 0.0204. The van der Waals surface area contributed by atoms with Gasteiger partial charge >= 0.3 is 0 Å². The topological polar surface area (TPSA) is 228 Å². The van der Waals surface area contributed by atoms with Gasteiger partial charge in [0.1, 0.15) is 48.8 Å². The van der Waals surface area contributed by atoms with E-state index in [4.69, 9.17) is 18.9 Å². The van der Waals surface area contributed by atoms with Crippen LogP contribution < -0.4 is 5.32 Å². The van der Waals surface area contributed by atoms with E-state index in [1.807, 2.05) is 6.08 Å². The molecule has 14 nitrogen and oxygen atoms in total. The van der Waals surface area contributed by atoms with Crippen molar-refractivity contribution in [3.8, 4) is 0 Å². The van der Waals surface area contributed by atoms with Gasteiger partial charge in [-0.3, -0.25) is 4.79 Å². The van der Waals surface area contributed by atoms with Crippen molar-refractivity contribution >= 4 is 5.91 Å². The van der Waals surface area contributed by atoms with Crippen LogP contribution in [0.2, 0.25) is 0 Å². The zero-order chi connectivity index (χ0) is 71.5. The second-order valence-corrected chi connectivity index (χ2v) is 27.5. The fraction of sp³-hybridized carbons (Fsp3) is 0.729. The Hall–Kier alpha value is -3.87. The Morgan fingerprint density at radius 3 is 1.07 bits per heavy atom. The molecule has 0 saturated carbocycles. The molecule has 0 aromatic carbocycles. The summed E-state index contributed by atoms with van der Waals surface area (Å²) in [5.41, 5.74) is 0. The molecule has 2 fully saturated rings. The minimum absolute atomic E-state index is 0.250. The molecule has 14 heteroatoms. The van der Waals surface area contributed by atoms with Crippen LogP contribution in [-0.4, -0.2) is 140 Å². The van der Waals surface area contributed by atoms with Gasteiger partial charge in [-0.15, -0.1) is 0 Å². The Morgan fingerprint density at radius 2 is 0.697 bits per heavy atom. The first-order valence-electron chi connectivity index (χ1n) is 39.9. The monoisotopic (exact) mass is 1390 g/mol. The minimum atomic E-state index is -1.80. The second-order valence-electron chi connectivity index (χ2n) is 27.5. The fourth-order valence-corrected chi connectivity index (χ4v) is 12.3. The lowest BCUT2D eigenvalue weighted by Gasteiger charge is -2.46. The molecule has 2 aliphatic rings. The van der Waals surface area contributed by atoms with Crippen LogP contribution in [0.5, 0.6) is 0 Å². The van der Waals surface area contributed by atoms with Gasteiger partial charge in [0.25, 0.3) is 0 Å². The van der Waals surface area contributed by atoms with E-state index in [2.05, 4.69) is 141 Å². The van der Waals surface area contributed by atoms with Crippen molar-refractivity contribution in [2.75, 3.05) is 19.8 Å². The van der Waals surface area contributed by atoms with Crippen LogP contribution in [0.15, 0.2) is 134 Å². The molecule has 0 aliphatic carbocycles. The number of hydrogen-bond acceptors (Lipinski definition) is 13. The third-order valence-corrected chi connectivity index (χ3v) is 18.6. The summed E-state index contributed by atoms with van der Waals surface area (Å²) >= 11 is 0. The van der Waals surface area contributed by atoms with Gasteiger partial charge in [-0.25, -0.2) is 0 Å². The number of ether oxygens (including phenoxy) is 4. The first-order chi connectivity index (χ1) is 48.6. The maximum Gasteiger partial charge on any atom is 0.220 e. The molecule has 12 atom stereocenters. The maximum atomic E-state index is 13.4. The van der Waals surface area contributed by atoms with Crippen LogP contribution in [0.3, 0.4) is 0 Å². The predicted molar refractivity (Wildman–Crippen MR) is 410 cm³/mol. The summed E-state index contributed by atoms with van der Waals surface area (Å²) in [6.07, 6.45) is 83.7. The molecule has 9 N–H and O–H groups in total. The first-order valence-corrected chi connectivity index (χ1v) is 39.9. The van der Waals surface area contributed by atoms with Gasteiger partial charge in [0.15, 0.2) is 12.6 Å². The lowest BCUT2D eigenvalue weighted by Crippen LogP contribution is -2.65. The zero-order valence-corrected chi connectivity index (χ0v) is 62.2. The predicted octanol–water partition coefficient (Wildman–Crippen LogP) is 18.2. The van der Waals surface area contributed by atoms with Gasteiger partial charge in [0.2, 0.25) is 5.91 Å².